The number of nitrogens with one attached hydrogen (secondary N) is 1. The largest absolute Gasteiger partial charge is 0.454 e. The van der Waals surface area contributed by atoms with Gasteiger partial charge in [0.1, 0.15) is 0 Å². The Balaban J connectivity index is 1.43. The molecule has 0 atom stereocenters. The standard InChI is InChI=1S/C19H19N5O3S/c1-2-8-24-18(13-4-3-7-20-10-13)22-23-19(24)28-11-17(25)21-14-5-6-15-16(9-14)27-12-26-15/h3-7,9-10H,2,8,11-12H2,1H3,(H,21,25). The van der Waals surface area contributed by atoms with Crippen LogP contribution in [-0.2, 0) is 11.3 Å². The highest BCUT2D eigenvalue weighted by Gasteiger charge is 2.17. The van der Waals surface area contributed by atoms with Crippen LogP contribution in [0.2, 0.25) is 0 Å². The SMILES string of the molecule is CCCn1c(SCC(=O)Nc2ccc3c(c2)OCO3)nnc1-c1cccnc1. The molecule has 2 aromatic heterocycles. The van der Waals surface area contributed by atoms with Crippen molar-refractivity contribution in [3.63, 3.8) is 0 Å². The summed E-state index contributed by atoms with van der Waals surface area (Å²) in [6, 6.07) is 9.14. The number of hydrogen-bond donors (Lipinski definition) is 1. The Morgan fingerprint density at radius 3 is 2.96 bits per heavy atom. The van der Waals surface area contributed by atoms with Crippen LogP contribution in [0.15, 0.2) is 47.9 Å². The summed E-state index contributed by atoms with van der Waals surface area (Å²) in [6.07, 6.45) is 4.42. The number of thioether (sulfide) groups is 1. The van der Waals surface area contributed by atoms with Gasteiger partial charge >= 0.3 is 0 Å². The molecule has 1 aliphatic rings. The van der Waals surface area contributed by atoms with Crippen LogP contribution in [0.25, 0.3) is 11.4 Å². The van der Waals surface area contributed by atoms with E-state index in [-0.39, 0.29) is 18.5 Å². The monoisotopic (exact) mass is 397 g/mol. The molecule has 0 aliphatic carbocycles. The minimum Gasteiger partial charge on any atom is -0.454 e. The van der Waals surface area contributed by atoms with Gasteiger partial charge in [0.2, 0.25) is 12.7 Å². The Kier molecular flexibility index (Phi) is 5.43. The van der Waals surface area contributed by atoms with Crippen LogP contribution in [0.4, 0.5) is 5.69 Å². The Morgan fingerprint density at radius 1 is 1.25 bits per heavy atom. The third kappa shape index (κ3) is 3.94. The number of hydrogen-bond acceptors (Lipinski definition) is 7. The summed E-state index contributed by atoms with van der Waals surface area (Å²) in [5.74, 6) is 2.17. The number of carbonyl (C=O) groups excluding carboxylic acids is 1. The first-order valence-electron chi connectivity index (χ1n) is 8.90. The number of fused-ring (bicyclic) bond motifs is 1. The molecule has 0 spiro atoms. The molecule has 4 rings (SSSR count). The molecule has 0 fully saturated rings. The summed E-state index contributed by atoms with van der Waals surface area (Å²) in [5.41, 5.74) is 1.57. The second-order valence-corrected chi connectivity index (χ2v) is 7.05. The number of ether oxygens (including phenoxy) is 2. The zero-order valence-electron chi connectivity index (χ0n) is 15.3. The number of carbonyl (C=O) groups is 1. The van der Waals surface area contributed by atoms with Crippen LogP contribution >= 0.6 is 11.8 Å². The fourth-order valence-corrected chi connectivity index (χ4v) is 3.60. The number of nitrogens with zero attached hydrogens (tertiary/aromatic N) is 4. The molecule has 1 N–H and O–H groups in total. The van der Waals surface area contributed by atoms with Crippen molar-refractivity contribution < 1.29 is 14.3 Å². The first-order chi connectivity index (χ1) is 13.7. The maximum Gasteiger partial charge on any atom is 0.234 e. The highest BCUT2D eigenvalue weighted by atomic mass is 32.2. The average molecular weight is 397 g/mol. The zero-order valence-corrected chi connectivity index (χ0v) is 16.1. The van der Waals surface area contributed by atoms with Crippen LogP contribution < -0.4 is 14.8 Å². The minimum atomic E-state index is -0.127. The Bertz CT molecular complexity index is 977. The van der Waals surface area contributed by atoms with Gasteiger partial charge in [-0.2, -0.15) is 0 Å². The molecule has 0 saturated heterocycles. The van der Waals surface area contributed by atoms with E-state index in [9.17, 15) is 4.79 Å². The maximum absolute atomic E-state index is 12.4. The van der Waals surface area contributed by atoms with Crippen molar-refractivity contribution in [3.05, 3.63) is 42.7 Å². The van der Waals surface area contributed by atoms with Crippen molar-refractivity contribution in [1.29, 1.82) is 0 Å². The van der Waals surface area contributed by atoms with Crippen LogP contribution in [0.1, 0.15) is 13.3 Å². The highest BCUT2D eigenvalue weighted by Crippen LogP contribution is 2.34. The molecule has 9 heteroatoms. The number of anilines is 1. The molecule has 0 unspecified atom stereocenters. The molecule has 3 heterocycles. The molecule has 0 bridgehead atoms. The van der Waals surface area contributed by atoms with Gasteiger partial charge in [-0.25, -0.2) is 0 Å². The van der Waals surface area contributed by atoms with E-state index in [2.05, 4.69) is 27.4 Å². The van der Waals surface area contributed by atoms with Crippen molar-refractivity contribution in [2.45, 2.75) is 25.0 Å². The molecule has 1 aliphatic heterocycles. The van der Waals surface area contributed by atoms with Gasteiger partial charge in [-0.15, -0.1) is 10.2 Å². The van der Waals surface area contributed by atoms with Crippen molar-refractivity contribution in [1.82, 2.24) is 19.7 Å². The quantitative estimate of drug-likeness (QED) is 0.612. The molecule has 144 valence electrons. The lowest BCUT2D eigenvalue weighted by molar-refractivity contribution is -0.113. The normalized spacial score (nSPS) is 12.2. The van der Waals surface area contributed by atoms with Gasteiger partial charge in [-0.05, 0) is 30.7 Å². The molecule has 28 heavy (non-hydrogen) atoms. The Morgan fingerprint density at radius 2 is 2.14 bits per heavy atom. The lowest BCUT2D eigenvalue weighted by Gasteiger charge is -2.09. The summed E-state index contributed by atoms with van der Waals surface area (Å²) < 4.78 is 12.6. The maximum atomic E-state index is 12.4. The third-order valence-electron chi connectivity index (χ3n) is 4.07. The van der Waals surface area contributed by atoms with Gasteiger partial charge < -0.3 is 19.4 Å². The summed E-state index contributed by atoms with van der Waals surface area (Å²) in [5, 5.41) is 12.1. The van der Waals surface area contributed by atoms with Gasteiger partial charge in [0.05, 0.1) is 5.75 Å². The fraction of sp³-hybridized carbons (Fsp3) is 0.263. The Labute approximate surface area is 166 Å². The van der Waals surface area contributed by atoms with Crippen molar-refractivity contribution >= 4 is 23.4 Å². The Hall–Kier alpha value is -3.07. The van der Waals surface area contributed by atoms with Gasteiger partial charge in [0.25, 0.3) is 0 Å². The van der Waals surface area contributed by atoms with Gasteiger partial charge in [0, 0.05) is 36.3 Å². The molecular weight excluding hydrogens is 378 g/mol. The first kappa shape index (κ1) is 18.3. The van der Waals surface area contributed by atoms with Gasteiger partial charge in [-0.3, -0.25) is 9.78 Å². The first-order valence-corrected chi connectivity index (χ1v) is 9.89. The molecule has 0 radical (unpaired) electrons. The predicted octanol–water partition coefficient (Wildman–Crippen LogP) is 3.21. The van der Waals surface area contributed by atoms with E-state index in [0.717, 1.165) is 24.4 Å². The zero-order chi connectivity index (χ0) is 19.3. The summed E-state index contributed by atoms with van der Waals surface area (Å²) in [6.45, 7) is 3.06. The van der Waals surface area contributed by atoms with Crippen LogP contribution in [0, 0.1) is 0 Å². The molecule has 0 saturated carbocycles. The average Bonchev–Trinajstić information content (AvgIpc) is 3.34. The number of pyridine rings is 1. The lowest BCUT2D eigenvalue weighted by Crippen LogP contribution is -2.14. The van der Waals surface area contributed by atoms with E-state index in [1.807, 2.05) is 16.7 Å². The van der Waals surface area contributed by atoms with E-state index in [1.54, 1.807) is 30.6 Å². The summed E-state index contributed by atoms with van der Waals surface area (Å²) >= 11 is 1.36. The van der Waals surface area contributed by atoms with Crippen molar-refractivity contribution in [3.8, 4) is 22.9 Å². The van der Waals surface area contributed by atoms with Gasteiger partial charge in [0.15, 0.2) is 22.5 Å². The summed E-state index contributed by atoms with van der Waals surface area (Å²) in [4.78, 5) is 16.5. The lowest BCUT2D eigenvalue weighted by atomic mass is 10.2. The number of aromatic nitrogens is 4. The van der Waals surface area contributed by atoms with E-state index < -0.39 is 0 Å². The van der Waals surface area contributed by atoms with E-state index in [1.165, 1.54) is 11.8 Å². The highest BCUT2D eigenvalue weighted by molar-refractivity contribution is 7.99. The second-order valence-electron chi connectivity index (χ2n) is 6.10. The molecule has 1 amide bonds. The van der Waals surface area contributed by atoms with Crippen LogP contribution in [0.5, 0.6) is 11.5 Å². The minimum absolute atomic E-state index is 0.127. The van der Waals surface area contributed by atoms with Crippen LogP contribution in [-0.4, -0.2) is 38.2 Å². The molecule has 8 nitrogen and oxygen atoms in total. The van der Waals surface area contributed by atoms with Crippen LogP contribution in [0.3, 0.4) is 0 Å². The van der Waals surface area contributed by atoms with E-state index >= 15 is 0 Å². The topological polar surface area (TPSA) is 91.2 Å². The molecular formula is C19H19N5O3S. The van der Waals surface area contributed by atoms with Crippen molar-refractivity contribution in [2.24, 2.45) is 0 Å². The molecule has 3 aromatic rings. The second kappa shape index (κ2) is 8.30. The summed E-state index contributed by atoms with van der Waals surface area (Å²) in [7, 11) is 0. The smallest absolute Gasteiger partial charge is 0.234 e. The third-order valence-corrected chi connectivity index (χ3v) is 5.04. The molecule has 1 aromatic carbocycles. The van der Waals surface area contributed by atoms with Crippen molar-refractivity contribution in [2.75, 3.05) is 17.9 Å². The van der Waals surface area contributed by atoms with E-state index in [4.69, 9.17) is 9.47 Å². The number of benzene rings is 1. The predicted molar refractivity (Wildman–Crippen MR) is 105 cm³/mol. The fourth-order valence-electron chi connectivity index (χ4n) is 2.83. The number of amides is 1. The number of rotatable bonds is 7. The van der Waals surface area contributed by atoms with Gasteiger partial charge in [-0.1, -0.05) is 18.7 Å². The van der Waals surface area contributed by atoms with E-state index in [0.29, 0.717) is 22.3 Å².